The Morgan fingerprint density at radius 3 is 2.34 bits per heavy atom. The highest BCUT2D eigenvalue weighted by Crippen LogP contribution is 2.33. The Balaban J connectivity index is 1.33. The minimum absolute atomic E-state index is 0.195. The highest BCUT2D eigenvalue weighted by molar-refractivity contribution is 5.78. The number of methoxy groups -OCH3 is 2. The van der Waals surface area contributed by atoms with E-state index >= 15 is 0 Å². The topological polar surface area (TPSA) is 63.1 Å². The molecule has 0 spiro atoms. The third-order valence-electron chi connectivity index (χ3n) is 5.86. The highest BCUT2D eigenvalue weighted by Gasteiger charge is 2.26. The Hall–Kier alpha value is -2.74. The molecule has 1 aromatic heterocycles. The van der Waals surface area contributed by atoms with Crippen LogP contribution in [0.3, 0.4) is 0 Å². The molecule has 1 saturated heterocycles. The second kappa shape index (κ2) is 8.32. The van der Waals surface area contributed by atoms with Crippen molar-refractivity contribution in [2.75, 3.05) is 58.4 Å². The lowest BCUT2D eigenvalue weighted by atomic mass is 9.98. The third kappa shape index (κ3) is 4.17. The van der Waals surface area contributed by atoms with Crippen LogP contribution in [-0.4, -0.2) is 79.0 Å². The van der Waals surface area contributed by atoms with Gasteiger partial charge in [0.05, 0.1) is 32.6 Å². The smallest absolute Gasteiger partial charge is 0.237 e. The fourth-order valence-corrected chi connectivity index (χ4v) is 4.12. The summed E-state index contributed by atoms with van der Waals surface area (Å²) in [6, 6.07) is 4.04. The van der Waals surface area contributed by atoms with Crippen molar-refractivity contribution in [3.63, 3.8) is 0 Å². The lowest BCUT2D eigenvalue weighted by Gasteiger charge is -2.36. The molecule has 0 radical (unpaired) electrons. The van der Waals surface area contributed by atoms with Crippen molar-refractivity contribution in [3.8, 4) is 11.5 Å². The van der Waals surface area contributed by atoms with Crippen LogP contribution in [0.5, 0.6) is 11.5 Å². The summed E-state index contributed by atoms with van der Waals surface area (Å²) in [4.78, 5) is 19.4. The molecule has 0 bridgehead atoms. The first-order valence-corrected chi connectivity index (χ1v) is 10.0. The molecule has 8 heteroatoms. The Kier molecular flexibility index (Phi) is 5.62. The quantitative estimate of drug-likeness (QED) is 0.752. The van der Waals surface area contributed by atoms with Gasteiger partial charge >= 0.3 is 0 Å². The fourth-order valence-electron chi connectivity index (χ4n) is 4.12. The molecule has 0 unspecified atom stereocenters. The van der Waals surface area contributed by atoms with Crippen LogP contribution in [0.1, 0.15) is 11.1 Å². The van der Waals surface area contributed by atoms with E-state index in [1.54, 1.807) is 14.2 Å². The molecule has 3 heterocycles. The number of aryl methyl sites for hydroxylation is 1. The van der Waals surface area contributed by atoms with Gasteiger partial charge in [0.2, 0.25) is 5.91 Å². The molecule has 0 N–H and O–H groups in total. The largest absolute Gasteiger partial charge is 0.493 e. The van der Waals surface area contributed by atoms with Gasteiger partial charge in [0.15, 0.2) is 11.5 Å². The molecule has 2 aliphatic heterocycles. The van der Waals surface area contributed by atoms with E-state index in [-0.39, 0.29) is 5.91 Å². The minimum Gasteiger partial charge on any atom is -0.493 e. The number of aromatic nitrogens is 2. The van der Waals surface area contributed by atoms with Crippen molar-refractivity contribution >= 4 is 11.6 Å². The molecule has 156 valence electrons. The number of carbonyl (C=O) groups is 1. The maximum Gasteiger partial charge on any atom is 0.237 e. The maximum absolute atomic E-state index is 12.9. The summed E-state index contributed by atoms with van der Waals surface area (Å²) in [7, 11) is 5.22. The first-order chi connectivity index (χ1) is 14.1. The second-order valence-electron chi connectivity index (χ2n) is 7.68. The zero-order valence-corrected chi connectivity index (χ0v) is 17.4. The molecule has 1 fully saturated rings. The molecule has 29 heavy (non-hydrogen) atoms. The van der Waals surface area contributed by atoms with Crippen molar-refractivity contribution in [1.82, 2.24) is 19.6 Å². The van der Waals surface area contributed by atoms with Crippen molar-refractivity contribution in [2.45, 2.75) is 13.0 Å². The summed E-state index contributed by atoms with van der Waals surface area (Å²) >= 11 is 0. The van der Waals surface area contributed by atoms with Crippen LogP contribution in [0, 0.1) is 0 Å². The van der Waals surface area contributed by atoms with Crippen LogP contribution in [0.25, 0.3) is 0 Å². The van der Waals surface area contributed by atoms with Gasteiger partial charge in [-0.3, -0.25) is 14.4 Å². The van der Waals surface area contributed by atoms with Gasteiger partial charge in [-0.1, -0.05) is 0 Å². The van der Waals surface area contributed by atoms with Gasteiger partial charge in [0, 0.05) is 52.5 Å². The molecule has 0 aliphatic carbocycles. The van der Waals surface area contributed by atoms with Crippen molar-refractivity contribution in [1.29, 1.82) is 0 Å². The minimum atomic E-state index is 0.195. The third-order valence-corrected chi connectivity index (χ3v) is 5.86. The summed E-state index contributed by atoms with van der Waals surface area (Å²) in [5.41, 5.74) is 3.52. The molecule has 2 aromatic rings. The number of carbonyl (C=O) groups excluding carboxylic acids is 1. The van der Waals surface area contributed by atoms with Gasteiger partial charge in [0.25, 0.3) is 0 Å². The lowest BCUT2D eigenvalue weighted by molar-refractivity contribution is -0.133. The Morgan fingerprint density at radius 1 is 1.03 bits per heavy atom. The van der Waals surface area contributed by atoms with Gasteiger partial charge in [-0.15, -0.1) is 0 Å². The van der Waals surface area contributed by atoms with E-state index in [0.717, 1.165) is 56.1 Å². The monoisotopic (exact) mass is 399 g/mol. The van der Waals surface area contributed by atoms with Crippen LogP contribution in [0.2, 0.25) is 0 Å². The van der Waals surface area contributed by atoms with E-state index in [1.165, 1.54) is 5.56 Å². The van der Waals surface area contributed by atoms with E-state index in [0.29, 0.717) is 18.8 Å². The molecular formula is C21H29N5O3. The fraction of sp³-hybridized carbons (Fsp3) is 0.524. The van der Waals surface area contributed by atoms with Crippen LogP contribution in [0.15, 0.2) is 24.5 Å². The molecule has 1 aromatic carbocycles. The van der Waals surface area contributed by atoms with Gasteiger partial charge in [-0.05, 0) is 29.7 Å². The number of hydrogen-bond acceptors (Lipinski definition) is 6. The number of amides is 1. The molecule has 4 rings (SSSR count). The molecule has 1 amide bonds. The van der Waals surface area contributed by atoms with Crippen molar-refractivity contribution in [3.05, 3.63) is 35.7 Å². The van der Waals surface area contributed by atoms with Gasteiger partial charge < -0.3 is 19.3 Å². The van der Waals surface area contributed by atoms with E-state index in [1.807, 2.05) is 41.2 Å². The molecule has 0 atom stereocenters. The number of fused-ring (bicyclic) bond motifs is 1. The SMILES string of the molecule is COc1cc2c(cc1OC)CN(C(=O)CN1CCN(c3cnn(C)c3)CC1)CC2. The number of benzene rings is 1. The van der Waals surface area contributed by atoms with Gasteiger partial charge in [-0.25, -0.2) is 0 Å². The lowest BCUT2D eigenvalue weighted by Crippen LogP contribution is -2.50. The van der Waals surface area contributed by atoms with Gasteiger partial charge in [0.1, 0.15) is 0 Å². The number of piperazine rings is 1. The standard InChI is InChI=1S/C21H29N5O3/c1-23-14-18(12-22-23)25-8-6-24(7-9-25)15-21(27)26-5-4-16-10-19(28-2)20(29-3)11-17(16)13-26/h10-12,14H,4-9,13,15H2,1-3H3. The van der Waals surface area contributed by atoms with Gasteiger partial charge in [-0.2, -0.15) is 5.10 Å². The van der Waals surface area contributed by atoms with Crippen molar-refractivity contribution in [2.24, 2.45) is 7.05 Å². The summed E-state index contributed by atoms with van der Waals surface area (Å²) in [5.74, 6) is 1.66. The molecule has 2 aliphatic rings. The van der Waals surface area contributed by atoms with Crippen LogP contribution in [0.4, 0.5) is 5.69 Å². The van der Waals surface area contributed by atoms with E-state index in [9.17, 15) is 4.79 Å². The van der Waals surface area contributed by atoms with E-state index in [2.05, 4.69) is 14.9 Å². The zero-order chi connectivity index (χ0) is 20.4. The van der Waals surface area contributed by atoms with Crippen LogP contribution in [-0.2, 0) is 24.8 Å². The Labute approximate surface area is 171 Å². The summed E-state index contributed by atoms with van der Waals surface area (Å²) in [6.07, 6.45) is 4.78. The summed E-state index contributed by atoms with van der Waals surface area (Å²) in [6.45, 7) is 5.45. The predicted octanol–water partition coefficient (Wildman–Crippen LogP) is 1.14. The second-order valence-corrected chi connectivity index (χ2v) is 7.68. The first-order valence-electron chi connectivity index (χ1n) is 10.0. The number of nitrogens with zero attached hydrogens (tertiary/aromatic N) is 5. The molecular weight excluding hydrogens is 370 g/mol. The summed E-state index contributed by atoms with van der Waals surface area (Å²) < 4.78 is 12.6. The number of hydrogen-bond donors (Lipinski definition) is 0. The van der Waals surface area contributed by atoms with Crippen molar-refractivity contribution < 1.29 is 14.3 Å². The average molecular weight is 399 g/mol. The Bertz CT molecular complexity index is 873. The van der Waals surface area contributed by atoms with E-state index < -0.39 is 0 Å². The number of rotatable bonds is 5. The highest BCUT2D eigenvalue weighted by atomic mass is 16.5. The summed E-state index contributed by atoms with van der Waals surface area (Å²) in [5, 5.41) is 4.25. The van der Waals surface area contributed by atoms with E-state index in [4.69, 9.17) is 9.47 Å². The first kappa shape index (κ1) is 19.6. The normalized spacial score (nSPS) is 17.2. The Morgan fingerprint density at radius 2 is 1.72 bits per heavy atom. The zero-order valence-electron chi connectivity index (χ0n) is 17.4. The molecule has 0 saturated carbocycles. The van der Waals surface area contributed by atoms with Crippen LogP contribution < -0.4 is 14.4 Å². The van der Waals surface area contributed by atoms with Crippen LogP contribution >= 0.6 is 0 Å². The number of ether oxygens (including phenoxy) is 2. The predicted molar refractivity (Wildman–Crippen MR) is 111 cm³/mol. The number of anilines is 1. The average Bonchev–Trinajstić information content (AvgIpc) is 3.19. The molecule has 8 nitrogen and oxygen atoms in total. The maximum atomic E-state index is 12.9.